The lowest BCUT2D eigenvalue weighted by Crippen LogP contribution is -2.54. The highest BCUT2D eigenvalue weighted by molar-refractivity contribution is 5.99. The van der Waals surface area contributed by atoms with E-state index in [2.05, 4.69) is 44.8 Å². The van der Waals surface area contributed by atoms with Crippen LogP contribution in [0.25, 0.3) is 11.0 Å². The minimum atomic E-state index is -0.414. The number of nitrogens with one attached hydrogen (secondary N) is 3. The average Bonchev–Trinajstić information content (AvgIpc) is 3.66. The van der Waals surface area contributed by atoms with Crippen LogP contribution in [0.15, 0.2) is 47.5 Å². The van der Waals surface area contributed by atoms with Crippen LogP contribution in [0.4, 0.5) is 21.7 Å². The molecule has 2 fully saturated rings. The normalized spacial score (nSPS) is 20.7. The van der Waals surface area contributed by atoms with Crippen molar-refractivity contribution < 1.29 is 9.18 Å². The van der Waals surface area contributed by atoms with E-state index in [4.69, 9.17) is 4.98 Å². The molecule has 1 unspecified atom stereocenters. The van der Waals surface area contributed by atoms with Crippen LogP contribution >= 0.6 is 0 Å². The molecule has 43 heavy (non-hydrogen) atoms. The number of halogens is 1. The minimum Gasteiger partial charge on any atom is -0.366 e. The monoisotopic (exact) mass is 587 g/mol. The number of nitrogens with zero attached hydrogens (tertiary/aromatic N) is 6. The lowest BCUT2D eigenvalue weighted by atomic mass is 10.0. The Morgan fingerprint density at radius 1 is 1.16 bits per heavy atom. The van der Waals surface area contributed by atoms with Crippen molar-refractivity contribution in [2.24, 2.45) is 5.92 Å². The van der Waals surface area contributed by atoms with Gasteiger partial charge in [0.2, 0.25) is 5.95 Å². The van der Waals surface area contributed by atoms with Crippen molar-refractivity contribution in [2.45, 2.75) is 58.8 Å². The largest absolute Gasteiger partial charge is 0.366 e. The summed E-state index contributed by atoms with van der Waals surface area (Å²) < 4.78 is 18.8. The first-order chi connectivity index (χ1) is 20.7. The summed E-state index contributed by atoms with van der Waals surface area (Å²) in [4.78, 5) is 38.0. The van der Waals surface area contributed by atoms with E-state index >= 15 is 4.39 Å². The Hall–Kier alpha value is -4.16. The molecule has 226 valence electrons. The molecule has 11 nitrogen and oxygen atoms in total. The number of pyridine rings is 1. The molecule has 5 heterocycles. The van der Waals surface area contributed by atoms with Gasteiger partial charge < -0.3 is 20.9 Å². The Morgan fingerprint density at radius 3 is 2.65 bits per heavy atom. The van der Waals surface area contributed by atoms with Gasteiger partial charge in [-0.25, -0.2) is 9.37 Å². The summed E-state index contributed by atoms with van der Waals surface area (Å²) in [6, 6.07) is 9.16. The summed E-state index contributed by atoms with van der Waals surface area (Å²) in [5, 5.41) is 15.0. The zero-order valence-corrected chi connectivity index (χ0v) is 25.0. The first kappa shape index (κ1) is 28.9. The molecule has 3 N–H and O–H groups in total. The lowest BCUT2D eigenvalue weighted by Gasteiger charge is -2.37. The second-order valence-electron chi connectivity index (χ2n) is 12.0. The third-order valence-electron chi connectivity index (χ3n) is 8.17. The zero-order valence-electron chi connectivity index (χ0n) is 25.0. The topological polar surface area (TPSA) is 122 Å². The molecule has 0 saturated carbocycles. The van der Waals surface area contributed by atoms with E-state index in [0.717, 1.165) is 38.3 Å². The van der Waals surface area contributed by atoms with Crippen molar-refractivity contribution >= 4 is 34.1 Å². The highest BCUT2D eigenvalue weighted by atomic mass is 19.1. The fourth-order valence-electron chi connectivity index (χ4n) is 6.15. The molecular formula is C31H38FN9O2. The number of Topliss-reactive ketones (excluding diaryl/α,β-unsaturated/α-hetero) is 1. The molecule has 0 radical (unpaired) electrons. The molecule has 0 spiro atoms. The highest BCUT2D eigenvalue weighted by Gasteiger charge is 2.25. The highest BCUT2D eigenvalue weighted by Crippen LogP contribution is 2.27. The lowest BCUT2D eigenvalue weighted by molar-refractivity contribution is 0.0937. The van der Waals surface area contributed by atoms with Crippen molar-refractivity contribution in [2.75, 3.05) is 36.4 Å². The van der Waals surface area contributed by atoms with Crippen LogP contribution in [0.2, 0.25) is 0 Å². The first-order valence-electron chi connectivity index (χ1n) is 14.9. The number of rotatable bonds is 8. The van der Waals surface area contributed by atoms with Crippen LogP contribution < -0.4 is 26.4 Å². The summed E-state index contributed by atoms with van der Waals surface area (Å²) in [7, 11) is 0. The van der Waals surface area contributed by atoms with Crippen LogP contribution in [0.3, 0.4) is 0 Å². The third kappa shape index (κ3) is 5.89. The van der Waals surface area contributed by atoms with E-state index in [9.17, 15) is 9.59 Å². The van der Waals surface area contributed by atoms with Crippen LogP contribution in [0, 0.1) is 11.7 Å². The van der Waals surface area contributed by atoms with Crippen molar-refractivity contribution in [1.29, 1.82) is 0 Å². The number of aromatic nitrogens is 5. The maximum Gasteiger partial charge on any atom is 0.263 e. The van der Waals surface area contributed by atoms with Crippen LogP contribution in [0.1, 0.15) is 56.2 Å². The molecule has 4 aromatic rings. The van der Waals surface area contributed by atoms with Crippen LogP contribution in [-0.4, -0.2) is 68.4 Å². The number of hydrogen-bond acceptors (Lipinski definition) is 9. The van der Waals surface area contributed by atoms with Gasteiger partial charge in [-0.05, 0) is 57.1 Å². The maximum atomic E-state index is 15.3. The van der Waals surface area contributed by atoms with Crippen LogP contribution in [0.5, 0.6) is 0 Å². The Bertz CT molecular complexity index is 1700. The third-order valence-corrected chi connectivity index (χ3v) is 8.17. The fraction of sp³-hybridized carbons (Fsp3) is 0.452. The predicted octanol–water partition coefficient (Wildman–Crippen LogP) is 3.48. The molecule has 0 amide bonds. The SMILES string of the molecule is CC(C)C(=O)c1cc2cnc(Nc3ccc(N4C[C@@H](C)N[C@@H](C)C4)c(F)c3)nc2n(Cc2ccnn2C2CCNC2)c1=O. The smallest absolute Gasteiger partial charge is 0.263 e. The summed E-state index contributed by atoms with van der Waals surface area (Å²) in [6.07, 6.45) is 4.25. The fourth-order valence-corrected chi connectivity index (χ4v) is 6.15. The Morgan fingerprint density at radius 2 is 1.95 bits per heavy atom. The minimum absolute atomic E-state index is 0.106. The number of carbonyl (C=O) groups is 1. The first-order valence-corrected chi connectivity index (χ1v) is 14.9. The zero-order chi connectivity index (χ0) is 30.2. The van der Waals surface area contributed by atoms with Gasteiger partial charge >= 0.3 is 0 Å². The summed E-state index contributed by atoms with van der Waals surface area (Å²) >= 11 is 0. The molecule has 0 aliphatic carbocycles. The van der Waals surface area contributed by atoms with Gasteiger partial charge in [-0.2, -0.15) is 10.1 Å². The quantitative estimate of drug-likeness (QED) is 0.266. The molecule has 3 atom stereocenters. The summed E-state index contributed by atoms with van der Waals surface area (Å²) in [6.45, 7) is 11.1. The Kier molecular flexibility index (Phi) is 7.97. The molecule has 2 aliphatic heterocycles. The number of ketones is 1. The van der Waals surface area contributed by atoms with Gasteiger partial charge in [0.25, 0.3) is 5.56 Å². The van der Waals surface area contributed by atoms with E-state index in [1.807, 2.05) is 10.7 Å². The van der Waals surface area contributed by atoms with E-state index in [1.54, 1.807) is 44.4 Å². The van der Waals surface area contributed by atoms with Gasteiger partial charge in [-0.3, -0.25) is 18.8 Å². The molecule has 3 aromatic heterocycles. The van der Waals surface area contributed by atoms with Crippen molar-refractivity contribution in [3.8, 4) is 0 Å². The van der Waals surface area contributed by atoms with Crippen molar-refractivity contribution in [1.82, 2.24) is 34.9 Å². The number of hydrogen-bond donors (Lipinski definition) is 3. The second kappa shape index (κ2) is 11.8. The number of carbonyl (C=O) groups excluding carboxylic acids is 1. The van der Waals surface area contributed by atoms with Gasteiger partial charge in [0.05, 0.1) is 29.5 Å². The maximum absolute atomic E-state index is 15.3. The van der Waals surface area contributed by atoms with E-state index < -0.39 is 5.56 Å². The van der Waals surface area contributed by atoms with Gasteiger partial charge in [0.15, 0.2) is 5.78 Å². The molecular weight excluding hydrogens is 549 g/mol. The number of anilines is 3. The number of fused-ring (bicyclic) bond motifs is 1. The van der Waals surface area contributed by atoms with E-state index in [1.165, 1.54) is 10.6 Å². The molecule has 2 saturated heterocycles. The second-order valence-corrected chi connectivity index (χ2v) is 12.0. The number of benzene rings is 1. The van der Waals surface area contributed by atoms with Gasteiger partial charge in [0.1, 0.15) is 11.5 Å². The Labute approximate surface area is 249 Å². The van der Waals surface area contributed by atoms with Crippen LogP contribution in [-0.2, 0) is 6.54 Å². The number of piperazine rings is 1. The average molecular weight is 588 g/mol. The molecule has 0 bridgehead atoms. The Balaban J connectivity index is 1.35. The predicted molar refractivity (Wildman–Crippen MR) is 165 cm³/mol. The van der Waals surface area contributed by atoms with Gasteiger partial charge in [0, 0.05) is 61.1 Å². The summed E-state index contributed by atoms with van der Waals surface area (Å²) in [5.74, 6) is -0.703. The molecule has 6 rings (SSSR count). The molecule has 12 heteroatoms. The van der Waals surface area contributed by atoms with Gasteiger partial charge in [-0.15, -0.1) is 0 Å². The van der Waals surface area contributed by atoms with Gasteiger partial charge in [-0.1, -0.05) is 13.8 Å². The summed E-state index contributed by atoms with van der Waals surface area (Å²) in [5.41, 5.74) is 1.95. The standard InChI is InChI=1S/C31H38FN9O2/c1-18(2)28(42)25-11-21-13-34-31(37-22-5-6-27(26(32)12-22)39-15-19(3)36-20(4)16-39)38-29(21)40(30(25)43)17-24-8-10-35-41(24)23-7-9-33-14-23/h5-6,8,10-13,18-20,23,33,36H,7,9,14-17H2,1-4H3,(H,34,37,38)/t19-,20+,23?. The van der Waals surface area contributed by atoms with Crippen molar-refractivity contribution in [3.05, 3.63) is 70.2 Å². The molecule has 1 aromatic carbocycles. The molecule has 2 aliphatic rings. The van der Waals surface area contributed by atoms with E-state index in [-0.39, 0.29) is 53.7 Å². The van der Waals surface area contributed by atoms with Crippen molar-refractivity contribution in [3.63, 3.8) is 0 Å². The van der Waals surface area contributed by atoms with E-state index in [0.29, 0.717) is 22.4 Å².